The molecule has 2 aromatic carbocycles. The van der Waals surface area contributed by atoms with E-state index in [2.05, 4.69) is 60.7 Å². The molecule has 0 nitrogen and oxygen atoms in total. The Morgan fingerprint density at radius 1 is 0.650 bits per heavy atom. The van der Waals surface area contributed by atoms with Gasteiger partial charge < -0.3 is 0 Å². The Morgan fingerprint density at radius 2 is 0.950 bits per heavy atom. The summed E-state index contributed by atoms with van der Waals surface area (Å²) in [6.07, 6.45) is 0. The summed E-state index contributed by atoms with van der Waals surface area (Å²) in [7, 11) is 14.8. The SMILES string of the molecule is [Cl][Rh]([Cl])[Cl].c1ccc([SH+]CC[SH+]c2ccccc2)cc1. The van der Waals surface area contributed by atoms with E-state index < -0.39 is 13.0 Å². The van der Waals surface area contributed by atoms with Gasteiger partial charge in [0.15, 0.2) is 21.3 Å². The Kier molecular flexibility index (Phi) is 11.4. The Bertz CT molecular complexity index is 410. The molecule has 2 aromatic rings. The molecule has 0 spiro atoms. The molecule has 2 rings (SSSR count). The summed E-state index contributed by atoms with van der Waals surface area (Å²) in [6.45, 7) is 0. The standard InChI is InChI=1S/C14H14S2.3ClH.Rh/c1-3-7-13(8-4-1)15-11-12-16-14-9-5-2-6-10-14;;;;/h1-10H,11-12H2;3*1H;/q;;;;+3/p-1. The summed E-state index contributed by atoms with van der Waals surface area (Å²) >= 11 is 1.22. The fourth-order valence-corrected chi connectivity index (χ4v) is 3.51. The van der Waals surface area contributed by atoms with Gasteiger partial charge in [-0.2, -0.15) is 0 Å². The molecule has 6 heteroatoms. The van der Waals surface area contributed by atoms with E-state index in [0.29, 0.717) is 0 Å². The predicted octanol–water partition coefficient (Wildman–Crippen LogP) is 4.80. The molecule has 0 fully saturated rings. The van der Waals surface area contributed by atoms with Crippen molar-refractivity contribution in [2.24, 2.45) is 0 Å². The third-order valence-electron chi connectivity index (χ3n) is 2.20. The Hall–Kier alpha value is 0.633. The molecule has 0 aliphatic heterocycles. The van der Waals surface area contributed by atoms with Gasteiger partial charge in [0.05, 0.1) is 0 Å². The fraction of sp³-hybridized carbons (Fsp3) is 0.143. The molecular formula is C14H16Cl3RhS2+2. The van der Waals surface area contributed by atoms with Crippen LogP contribution in [-0.4, -0.2) is 11.5 Å². The van der Waals surface area contributed by atoms with Crippen LogP contribution in [0.1, 0.15) is 0 Å². The quantitative estimate of drug-likeness (QED) is 0.262. The first-order chi connectivity index (χ1) is 9.68. The van der Waals surface area contributed by atoms with Crippen LogP contribution in [-0.2, 0) is 36.5 Å². The maximum absolute atomic E-state index is 4.94. The maximum Gasteiger partial charge on any atom is 0.155 e. The molecule has 0 aliphatic carbocycles. The molecule has 0 bridgehead atoms. The molecule has 0 saturated heterocycles. The summed E-state index contributed by atoms with van der Waals surface area (Å²) in [5, 5.41) is 0. The zero-order valence-electron chi connectivity index (χ0n) is 10.5. The van der Waals surface area contributed by atoms with E-state index in [1.807, 2.05) is 0 Å². The first-order valence-corrected chi connectivity index (χ1v) is 14.3. The Labute approximate surface area is 146 Å². The molecule has 0 amide bonds. The first-order valence-electron chi connectivity index (χ1n) is 5.78. The number of hydrogen-bond acceptors (Lipinski definition) is 0. The van der Waals surface area contributed by atoms with Gasteiger partial charge in [-0.15, -0.1) is 0 Å². The summed E-state index contributed by atoms with van der Waals surface area (Å²) in [5.41, 5.74) is 0. The molecule has 112 valence electrons. The van der Waals surface area contributed by atoms with Crippen molar-refractivity contribution in [1.29, 1.82) is 0 Å². The molecule has 0 atom stereocenters. The summed E-state index contributed by atoms with van der Waals surface area (Å²) < 4.78 is 0. The van der Waals surface area contributed by atoms with Gasteiger partial charge in [-0.3, -0.25) is 0 Å². The molecule has 0 heterocycles. The summed E-state index contributed by atoms with van der Waals surface area (Å²) in [5.74, 6) is 2.47. The van der Waals surface area contributed by atoms with E-state index in [1.54, 1.807) is 0 Å². The second-order valence-electron chi connectivity index (χ2n) is 3.58. The van der Waals surface area contributed by atoms with Crippen LogP contribution in [0, 0.1) is 0 Å². The van der Waals surface area contributed by atoms with Crippen molar-refractivity contribution in [3.8, 4) is 0 Å². The van der Waals surface area contributed by atoms with Gasteiger partial charge in [0.2, 0.25) is 0 Å². The minimum atomic E-state index is -1.66. The molecule has 0 radical (unpaired) electrons. The van der Waals surface area contributed by atoms with Crippen LogP contribution < -0.4 is 0 Å². The number of hydrogen-bond donors (Lipinski definition) is 0. The molecule has 0 N–H and O–H groups in total. The van der Waals surface area contributed by atoms with Crippen LogP contribution in [0.5, 0.6) is 0 Å². The Balaban J connectivity index is 0.000000444. The van der Waals surface area contributed by atoms with Crippen molar-refractivity contribution >= 4 is 52.6 Å². The second kappa shape index (κ2) is 12.2. The maximum atomic E-state index is 4.94. The predicted molar refractivity (Wildman–Crippen MR) is 94.2 cm³/mol. The van der Waals surface area contributed by atoms with E-state index in [-0.39, 0.29) is 0 Å². The topological polar surface area (TPSA) is 0 Å². The van der Waals surface area contributed by atoms with E-state index in [9.17, 15) is 0 Å². The van der Waals surface area contributed by atoms with Gasteiger partial charge >= 0.3 is 42.1 Å². The molecular weight excluding hydrogens is 442 g/mol. The van der Waals surface area contributed by atoms with Crippen molar-refractivity contribution in [3.63, 3.8) is 0 Å². The van der Waals surface area contributed by atoms with E-state index in [4.69, 9.17) is 29.1 Å². The van der Waals surface area contributed by atoms with E-state index >= 15 is 0 Å². The van der Waals surface area contributed by atoms with E-state index in [0.717, 1.165) is 0 Å². The third-order valence-corrected chi connectivity index (χ3v) is 4.77. The van der Waals surface area contributed by atoms with Gasteiger partial charge in [-0.05, 0) is 24.3 Å². The minimum Gasteiger partial charge on any atom is -0.0619 e. The van der Waals surface area contributed by atoms with Gasteiger partial charge in [-0.1, -0.05) is 36.4 Å². The third kappa shape index (κ3) is 10.4. The van der Waals surface area contributed by atoms with Crippen LogP contribution >= 0.6 is 29.1 Å². The van der Waals surface area contributed by atoms with Crippen LogP contribution in [0.4, 0.5) is 0 Å². The molecule has 20 heavy (non-hydrogen) atoms. The van der Waals surface area contributed by atoms with Crippen LogP contribution in [0.3, 0.4) is 0 Å². The van der Waals surface area contributed by atoms with Crippen LogP contribution in [0.15, 0.2) is 70.5 Å². The number of rotatable bonds is 5. The van der Waals surface area contributed by atoms with Gasteiger partial charge in [0.1, 0.15) is 0 Å². The number of halogens is 3. The second-order valence-corrected chi connectivity index (χ2v) is 13.6. The molecule has 0 unspecified atom stereocenters. The average Bonchev–Trinajstić information content (AvgIpc) is 2.45. The minimum absolute atomic E-state index is 1.24. The zero-order valence-corrected chi connectivity index (χ0v) is 16.2. The summed E-state index contributed by atoms with van der Waals surface area (Å²) in [6, 6.07) is 21.4. The van der Waals surface area contributed by atoms with Crippen LogP contribution in [0.25, 0.3) is 0 Å². The fourth-order valence-electron chi connectivity index (χ4n) is 1.43. The van der Waals surface area contributed by atoms with E-state index in [1.165, 1.54) is 44.8 Å². The zero-order chi connectivity index (χ0) is 14.6. The van der Waals surface area contributed by atoms with Gasteiger partial charge in [-0.25, -0.2) is 0 Å². The van der Waals surface area contributed by atoms with Crippen molar-refractivity contribution < 1.29 is 13.0 Å². The van der Waals surface area contributed by atoms with Gasteiger partial charge in [0, 0.05) is 23.5 Å². The Morgan fingerprint density at radius 3 is 1.25 bits per heavy atom. The van der Waals surface area contributed by atoms with Crippen LogP contribution in [0.2, 0.25) is 0 Å². The molecule has 0 saturated carbocycles. The number of thiol groups is 2. The number of benzene rings is 2. The molecule has 0 aromatic heterocycles. The summed E-state index contributed by atoms with van der Waals surface area (Å²) in [4.78, 5) is 2.84. The molecule has 0 aliphatic rings. The normalized spacial score (nSPS) is 10.4. The average molecular weight is 458 g/mol. The monoisotopic (exact) mass is 456 g/mol. The largest absolute Gasteiger partial charge is 0.155 e. The van der Waals surface area contributed by atoms with Crippen molar-refractivity contribution in [2.45, 2.75) is 9.79 Å². The van der Waals surface area contributed by atoms with Crippen molar-refractivity contribution in [2.75, 3.05) is 11.5 Å². The van der Waals surface area contributed by atoms with Gasteiger partial charge in [0.25, 0.3) is 0 Å². The smallest absolute Gasteiger partial charge is 0.0619 e. The van der Waals surface area contributed by atoms with Crippen molar-refractivity contribution in [1.82, 2.24) is 0 Å². The first kappa shape index (κ1) is 18.7. The van der Waals surface area contributed by atoms with Crippen molar-refractivity contribution in [3.05, 3.63) is 60.7 Å².